The van der Waals surface area contributed by atoms with Crippen molar-refractivity contribution in [1.29, 1.82) is 0 Å². The van der Waals surface area contributed by atoms with Gasteiger partial charge >= 0.3 is 0 Å². The average molecular weight is 332 g/mol. The summed E-state index contributed by atoms with van der Waals surface area (Å²) in [7, 11) is 0. The zero-order chi connectivity index (χ0) is 13.3. The molecule has 0 bridgehead atoms. The summed E-state index contributed by atoms with van der Waals surface area (Å²) < 4.78 is 26.7. The van der Waals surface area contributed by atoms with Crippen LogP contribution < -0.4 is 0 Å². The van der Waals surface area contributed by atoms with Crippen LogP contribution in [-0.2, 0) is 0 Å². The van der Waals surface area contributed by atoms with Gasteiger partial charge in [0, 0.05) is 15.6 Å². The van der Waals surface area contributed by atoms with E-state index in [1.54, 1.807) is 0 Å². The highest BCUT2D eigenvalue weighted by Gasteiger charge is 2.17. The molecule has 5 heteroatoms. The lowest BCUT2D eigenvalue weighted by Crippen LogP contribution is -2.04. The third-order valence-electron chi connectivity index (χ3n) is 2.35. The molecule has 0 aliphatic heterocycles. The van der Waals surface area contributed by atoms with Crippen LogP contribution in [-0.4, -0.2) is 5.78 Å². The highest BCUT2D eigenvalue weighted by Crippen LogP contribution is 2.25. The van der Waals surface area contributed by atoms with E-state index in [1.165, 1.54) is 18.2 Å². The van der Waals surface area contributed by atoms with Crippen molar-refractivity contribution in [2.45, 2.75) is 0 Å². The molecule has 2 aromatic carbocycles. The number of hydrogen-bond acceptors (Lipinski definition) is 1. The Morgan fingerprint density at radius 3 is 2.22 bits per heavy atom. The van der Waals surface area contributed by atoms with Crippen LogP contribution in [0.2, 0.25) is 5.02 Å². The van der Waals surface area contributed by atoms with E-state index in [4.69, 9.17) is 11.6 Å². The molecule has 0 unspecified atom stereocenters. The molecule has 0 aromatic heterocycles. The molecular weight excluding hydrogens is 325 g/mol. The van der Waals surface area contributed by atoms with E-state index in [9.17, 15) is 13.6 Å². The van der Waals surface area contributed by atoms with Gasteiger partial charge in [-0.05, 0) is 36.4 Å². The lowest BCUT2D eigenvalue weighted by atomic mass is 10.0. The summed E-state index contributed by atoms with van der Waals surface area (Å²) in [5.74, 6) is -1.66. The maximum Gasteiger partial charge on any atom is 0.195 e. The van der Waals surface area contributed by atoms with Gasteiger partial charge in [0.2, 0.25) is 0 Å². The van der Waals surface area contributed by atoms with Gasteiger partial charge < -0.3 is 0 Å². The van der Waals surface area contributed by atoms with Gasteiger partial charge in [-0.1, -0.05) is 27.5 Å². The van der Waals surface area contributed by atoms with Crippen molar-refractivity contribution in [3.63, 3.8) is 0 Å². The Kier molecular flexibility index (Phi) is 3.78. The van der Waals surface area contributed by atoms with Crippen LogP contribution in [0.4, 0.5) is 8.78 Å². The summed E-state index contributed by atoms with van der Waals surface area (Å²) in [6, 6.07) is 7.18. The second kappa shape index (κ2) is 5.16. The summed E-state index contributed by atoms with van der Waals surface area (Å²) in [5, 5.41) is 0.123. The predicted molar refractivity (Wildman–Crippen MR) is 68.9 cm³/mol. The first-order chi connectivity index (χ1) is 8.49. The molecule has 2 aromatic rings. The molecular formula is C13H6BrClF2O. The second-order valence-corrected chi connectivity index (χ2v) is 4.84. The van der Waals surface area contributed by atoms with Crippen LogP contribution in [0.3, 0.4) is 0 Å². The number of halogens is 4. The SMILES string of the molecule is O=C(c1cc(F)ccc1Cl)c1cc(F)ccc1Br. The van der Waals surface area contributed by atoms with Crippen molar-refractivity contribution in [2.24, 2.45) is 0 Å². The number of benzene rings is 2. The lowest BCUT2D eigenvalue weighted by Gasteiger charge is -2.06. The van der Waals surface area contributed by atoms with E-state index in [2.05, 4.69) is 15.9 Å². The maximum absolute atomic E-state index is 13.1. The summed E-state index contributed by atoms with van der Waals surface area (Å²) in [5.41, 5.74) is 0.102. The molecule has 0 saturated carbocycles. The summed E-state index contributed by atoms with van der Waals surface area (Å²) in [6.07, 6.45) is 0. The Morgan fingerprint density at radius 1 is 1.00 bits per heavy atom. The Balaban J connectivity index is 2.54. The van der Waals surface area contributed by atoms with Crippen LogP contribution >= 0.6 is 27.5 Å². The molecule has 0 N–H and O–H groups in total. The van der Waals surface area contributed by atoms with Gasteiger partial charge in [-0.2, -0.15) is 0 Å². The van der Waals surface area contributed by atoms with Crippen molar-refractivity contribution in [3.05, 3.63) is 68.7 Å². The molecule has 2 rings (SSSR count). The van der Waals surface area contributed by atoms with Crippen molar-refractivity contribution in [1.82, 2.24) is 0 Å². The summed E-state index contributed by atoms with van der Waals surface area (Å²) in [4.78, 5) is 12.1. The van der Waals surface area contributed by atoms with Gasteiger partial charge in [0.25, 0.3) is 0 Å². The van der Waals surface area contributed by atoms with Crippen molar-refractivity contribution in [2.75, 3.05) is 0 Å². The van der Waals surface area contributed by atoms with Crippen molar-refractivity contribution >= 4 is 33.3 Å². The Hall–Kier alpha value is -1.26. The Labute approximate surface area is 116 Å². The predicted octanol–water partition coefficient (Wildman–Crippen LogP) is 4.61. The molecule has 0 heterocycles. The number of carbonyl (C=O) groups is 1. The molecule has 0 aliphatic rings. The first-order valence-corrected chi connectivity index (χ1v) is 6.11. The third-order valence-corrected chi connectivity index (χ3v) is 3.37. The number of hydrogen-bond donors (Lipinski definition) is 0. The molecule has 0 aliphatic carbocycles. The highest BCUT2D eigenvalue weighted by atomic mass is 79.9. The van der Waals surface area contributed by atoms with Crippen LogP contribution in [0.5, 0.6) is 0 Å². The molecule has 92 valence electrons. The Morgan fingerprint density at radius 2 is 1.56 bits per heavy atom. The zero-order valence-electron chi connectivity index (χ0n) is 8.88. The average Bonchev–Trinajstić information content (AvgIpc) is 2.34. The van der Waals surface area contributed by atoms with E-state index < -0.39 is 17.4 Å². The van der Waals surface area contributed by atoms with E-state index in [0.29, 0.717) is 4.47 Å². The molecule has 0 atom stereocenters. The summed E-state index contributed by atoms with van der Waals surface area (Å²) in [6.45, 7) is 0. The highest BCUT2D eigenvalue weighted by molar-refractivity contribution is 9.10. The van der Waals surface area contributed by atoms with E-state index >= 15 is 0 Å². The summed E-state index contributed by atoms with van der Waals surface area (Å²) >= 11 is 8.98. The molecule has 1 nitrogen and oxygen atoms in total. The topological polar surface area (TPSA) is 17.1 Å². The monoisotopic (exact) mass is 330 g/mol. The van der Waals surface area contributed by atoms with Crippen LogP contribution in [0.15, 0.2) is 40.9 Å². The molecule has 0 radical (unpaired) electrons. The number of carbonyl (C=O) groups excluding carboxylic acids is 1. The molecule has 18 heavy (non-hydrogen) atoms. The van der Waals surface area contributed by atoms with Crippen molar-refractivity contribution in [3.8, 4) is 0 Å². The minimum Gasteiger partial charge on any atom is -0.289 e. The first kappa shape index (κ1) is 13.2. The standard InChI is InChI=1S/C13H6BrClF2O/c14-11-3-1-7(16)5-9(11)13(18)10-6-8(17)2-4-12(10)15/h1-6H. The fourth-order valence-electron chi connectivity index (χ4n) is 1.49. The van der Waals surface area contributed by atoms with E-state index in [-0.39, 0.29) is 16.1 Å². The second-order valence-electron chi connectivity index (χ2n) is 3.58. The number of ketones is 1. The lowest BCUT2D eigenvalue weighted by molar-refractivity contribution is 0.103. The van der Waals surface area contributed by atoms with Crippen LogP contribution in [0.25, 0.3) is 0 Å². The van der Waals surface area contributed by atoms with E-state index in [0.717, 1.165) is 18.2 Å². The molecule has 0 saturated heterocycles. The zero-order valence-corrected chi connectivity index (χ0v) is 11.2. The van der Waals surface area contributed by atoms with Gasteiger partial charge in [-0.15, -0.1) is 0 Å². The quantitative estimate of drug-likeness (QED) is 0.734. The first-order valence-electron chi connectivity index (χ1n) is 4.94. The molecule has 0 fully saturated rings. The largest absolute Gasteiger partial charge is 0.289 e. The number of rotatable bonds is 2. The van der Waals surface area contributed by atoms with E-state index in [1.807, 2.05) is 0 Å². The molecule has 0 spiro atoms. The van der Waals surface area contributed by atoms with Gasteiger partial charge in [-0.3, -0.25) is 4.79 Å². The van der Waals surface area contributed by atoms with Crippen molar-refractivity contribution < 1.29 is 13.6 Å². The van der Waals surface area contributed by atoms with Crippen LogP contribution in [0, 0.1) is 11.6 Å². The minimum absolute atomic E-state index is 0.00275. The fourth-order valence-corrected chi connectivity index (χ4v) is 2.12. The van der Waals surface area contributed by atoms with Gasteiger partial charge in [0.1, 0.15) is 11.6 Å². The minimum atomic E-state index is -0.574. The fraction of sp³-hybridized carbons (Fsp3) is 0. The van der Waals surface area contributed by atoms with Gasteiger partial charge in [0.15, 0.2) is 5.78 Å². The third kappa shape index (κ3) is 2.60. The van der Waals surface area contributed by atoms with Crippen LogP contribution in [0.1, 0.15) is 15.9 Å². The van der Waals surface area contributed by atoms with Gasteiger partial charge in [-0.25, -0.2) is 8.78 Å². The maximum atomic E-state index is 13.1. The smallest absolute Gasteiger partial charge is 0.195 e. The van der Waals surface area contributed by atoms with Gasteiger partial charge in [0.05, 0.1) is 5.02 Å². The molecule has 0 amide bonds. The normalized spacial score (nSPS) is 10.4. The Bertz CT molecular complexity index is 575.